The van der Waals surface area contributed by atoms with Crippen molar-refractivity contribution in [3.05, 3.63) is 11.6 Å². The van der Waals surface area contributed by atoms with E-state index in [-0.39, 0.29) is 17.2 Å². The van der Waals surface area contributed by atoms with Gasteiger partial charge >= 0.3 is 6.18 Å². The van der Waals surface area contributed by atoms with E-state index in [2.05, 4.69) is 15.2 Å². The molecule has 0 radical (unpaired) electrons. The van der Waals surface area contributed by atoms with Crippen LogP contribution in [0.2, 0.25) is 0 Å². The van der Waals surface area contributed by atoms with Crippen LogP contribution in [0.5, 0.6) is 0 Å². The number of oxime groups is 1. The van der Waals surface area contributed by atoms with Crippen molar-refractivity contribution in [1.29, 1.82) is 0 Å². The van der Waals surface area contributed by atoms with E-state index >= 15 is 0 Å². The summed E-state index contributed by atoms with van der Waals surface area (Å²) in [6, 6.07) is 0. The van der Waals surface area contributed by atoms with Crippen LogP contribution >= 0.6 is 11.8 Å². The Hall–Kier alpha value is -1.25. The molecule has 2 rings (SSSR count). The first kappa shape index (κ1) is 14.2. The molecule has 9 heteroatoms. The van der Waals surface area contributed by atoms with Crippen LogP contribution in [0.25, 0.3) is 0 Å². The van der Waals surface area contributed by atoms with Gasteiger partial charge in [-0.2, -0.15) is 18.3 Å². The molecule has 1 aliphatic heterocycles. The van der Waals surface area contributed by atoms with Crippen molar-refractivity contribution in [2.24, 2.45) is 12.2 Å². The Morgan fingerprint density at radius 2 is 2.11 bits per heavy atom. The Bertz CT molecular complexity index is 509. The smallest absolute Gasteiger partial charge is 0.389 e. The minimum Gasteiger partial charge on any atom is -0.389 e. The standard InChI is InChI=1S/C10H13F3N4OS/c1-9(2)4-7(16-18-9)19-5-6-14-8(10(11,12)13)17(3)15-6/h4-5H2,1-3H3. The fourth-order valence-electron chi connectivity index (χ4n) is 1.57. The lowest BCUT2D eigenvalue weighted by atomic mass is 10.1. The molecular formula is C10H13F3N4OS. The van der Waals surface area contributed by atoms with Crippen LogP contribution in [0.3, 0.4) is 0 Å². The number of hydrogen-bond donors (Lipinski definition) is 0. The van der Waals surface area contributed by atoms with Crippen molar-refractivity contribution < 1.29 is 18.0 Å². The average molecular weight is 294 g/mol. The molecule has 0 N–H and O–H groups in total. The number of nitrogens with zero attached hydrogens (tertiary/aromatic N) is 4. The summed E-state index contributed by atoms with van der Waals surface area (Å²) in [5, 5.41) is 8.36. The maximum Gasteiger partial charge on any atom is 0.451 e. The Morgan fingerprint density at radius 1 is 1.42 bits per heavy atom. The third-order valence-electron chi connectivity index (χ3n) is 2.40. The molecular weight excluding hydrogens is 281 g/mol. The zero-order chi connectivity index (χ0) is 14.3. The second-order valence-corrected chi connectivity index (χ2v) is 5.82. The monoisotopic (exact) mass is 294 g/mol. The van der Waals surface area contributed by atoms with Crippen molar-refractivity contribution in [2.45, 2.75) is 37.8 Å². The largest absolute Gasteiger partial charge is 0.451 e. The van der Waals surface area contributed by atoms with Gasteiger partial charge in [0.15, 0.2) is 5.82 Å². The fraction of sp³-hybridized carbons (Fsp3) is 0.700. The highest BCUT2D eigenvalue weighted by molar-refractivity contribution is 8.13. The van der Waals surface area contributed by atoms with Crippen LogP contribution in [-0.4, -0.2) is 25.4 Å². The molecule has 2 heterocycles. The van der Waals surface area contributed by atoms with Gasteiger partial charge in [-0.25, -0.2) is 9.67 Å². The predicted octanol–water partition coefficient (Wildman–Crippen LogP) is 2.58. The molecule has 0 saturated carbocycles. The molecule has 0 bridgehead atoms. The molecule has 0 unspecified atom stereocenters. The van der Waals surface area contributed by atoms with Crippen molar-refractivity contribution in [1.82, 2.24) is 14.8 Å². The topological polar surface area (TPSA) is 52.3 Å². The summed E-state index contributed by atoms with van der Waals surface area (Å²) in [7, 11) is 1.23. The van der Waals surface area contributed by atoms with Gasteiger partial charge in [0.1, 0.15) is 10.6 Å². The van der Waals surface area contributed by atoms with Gasteiger partial charge in [0.05, 0.1) is 5.75 Å². The fourth-order valence-corrected chi connectivity index (χ4v) is 2.53. The average Bonchev–Trinajstić information content (AvgIpc) is 2.78. The number of halogens is 3. The summed E-state index contributed by atoms with van der Waals surface area (Å²) in [5.74, 6) is -0.623. The van der Waals surface area contributed by atoms with Crippen LogP contribution in [0.4, 0.5) is 13.2 Å². The highest BCUT2D eigenvalue weighted by Gasteiger charge is 2.37. The lowest BCUT2D eigenvalue weighted by molar-refractivity contribution is -0.147. The maximum absolute atomic E-state index is 12.5. The molecule has 0 aliphatic carbocycles. The first-order chi connectivity index (χ1) is 8.67. The number of aromatic nitrogens is 3. The third-order valence-corrected chi connectivity index (χ3v) is 3.35. The molecule has 0 amide bonds. The summed E-state index contributed by atoms with van der Waals surface area (Å²) in [6.45, 7) is 3.79. The number of aryl methyl sites for hydroxylation is 1. The third kappa shape index (κ3) is 3.40. The second-order valence-electron chi connectivity index (χ2n) is 4.77. The Labute approximate surface area is 112 Å². The number of alkyl halides is 3. The first-order valence-corrected chi connectivity index (χ1v) is 6.51. The van der Waals surface area contributed by atoms with Gasteiger partial charge in [0.25, 0.3) is 0 Å². The van der Waals surface area contributed by atoms with E-state index in [1.54, 1.807) is 0 Å². The molecule has 0 fully saturated rings. The van der Waals surface area contributed by atoms with Gasteiger partial charge in [0, 0.05) is 13.5 Å². The van der Waals surface area contributed by atoms with E-state index in [1.807, 2.05) is 13.8 Å². The van der Waals surface area contributed by atoms with E-state index in [0.717, 1.165) is 9.73 Å². The summed E-state index contributed by atoms with van der Waals surface area (Å²) in [4.78, 5) is 8.65. The van der Waals surface area contributed by atoms with Gasteiger partial charge in [0.2, 0.25) is 5.82 Å². The predicted molar refractivity (Wildman–Crippen MR) is 64.5 cm³/mol. The summed E-state index contributed by atoms with van der Waals surface area (Å²) < 4.78 is 38.3. The van der Waals surface area contributed by atoms with Crippen molar-refractivity contribution in [3.8, 4) is 0 Å². The van der Waals surface area contributed by atoms with E-state index in [9.17, 15) is 13.2 Å². The van der Waals surface area contributed by atoms with Gasteiger partial charge < -0.3 is 4.84 Å². The van der Waals surface area contributed by atoms with E-state index in [0.29, 0.717) is 6.42 Å². The van der Waals surface area contributed by atoms with E-state index in [1.165, 1.54) is 18.8 Å². The van der Waals surface area contributed by atoms with E-state index in [4.69, 9.17) is 4.84 Å². The number of thioether (sulfide) groups is 1. The summed E-state index contributed by atoms with van der Waals surface area (Å²) in [6.07, 6.45) is -3.85. The molecule has 0 spiro atoms. The van der Waals surface area contributed by atoms with Crippen LogP contribution in [0.15, 0.2) is 5.16 Å². The molecule has 0 saturated heterocycles. The van der Waals surface area contributed by atoms with Gasteiger partial charge in [-0.3, -0.25) is 0 Å². The lowest BCUT2D eigenvalue weighted by Gasteiger charge is -2.12. The van der Waals surface area contributed by atoms with E-state index < -0.39 is 12.0 Å². The second kappa shape index (κ2) is 4.69. The van der Waals surface area contributed by atoms with Crippen LogP contribution in [0, 0.1) is 0 Å². The Kier molecular flexibility index (Phi) is 3.50. The van der Waals surface area contributed by atoms with Gasteiger partial charge in [-0.15, -0.1) is 0 Å². The Balaban J connectivity index is 1.98. The summed E-state index contributed by atoms with van der Waals surface area (Å²) in [5.41, 5.74) is -0.350. The normalized spacial score (nSPS) is 18.3. The molecule has 1 aliphatic rings. The molecule has 0 aromatic carbocycles. The molecule has 5 nitrogen and oxygen atoms in total. The maximum atomic E-state index is 12.5. The number of rotatable bonds is 2. The molecule has 0 atom stereocenters. The van der Waals surface area contributed by atoms with Crippen molar-refractivity contribution in [2.75, 3.05) is 0 Å². The molecule has 1 aromatic rings. The van der Waals surface area contributed by atoms with Crippen molar-refractivity contribution >= 4 is 16.8 Å². The van der Waals surface area contributed by atoms with Gasteiger partial charge in [-0.1, -0.05) is 16.9 Å². The lowest BCUT2D eigenvalue weighted by Crippen LogP contribution is -2.18. The Morgan fingerprint density at radius 3 is 2.58 bits per heavy atom. The summed E-state index contributed by atoms with van der Waals surface area (Å²) >= 11 is 1.29. The molecule has 1 aromatic heterocycles. The zero-order valence-corrected chi connectivity index (χ0v) is 11.5. The quantitative estimate of drug-likeness (QED) is 0.841. The SMILES string of the molecule is Cn1nc(CSC2=NOC(C)(C)C2)nc1C(F)(F)F. The minimum atomic E-state index is -4.49. The van der Waals surface area contributed by atoms with Crippen LogP contribution < -0.4 is 0 Å². The highest BCUT2D eigenvalue weighted by atomic mass is 32.2. The van der Waals surface area contributed by atoms with Crippen LogP contribution in [0.1, 0.15) is 31.9 Å². The van der Waals surface area contributed by atoms with Crippen LogP contribution in [-0.2, 0) is 23.8 Å². The van der Waals surface area contributed by atoms with Crippen molar-refractivity contribution in [3.63, 3.8) is 0 Å². The first-order valence-electron chi connectivity index (χ1n) is 5.52. The number of hydrogen-bond acceptors (Lipinski definition) is 5. The molecule has 106 valence electrons. The highest BCUT2D eigenvalue weighted by Crippen LogP contribution is 2.30. The molecule has 19 heavy (non-hydrogen) atoms. The minimum absolute atomic E-state index is 0.132. The zero-order valence-electron chi connectivity index (χ0n) is 10.7. The van der Waals surface area contributed by atoms with Gasteiger partial charge in [-0.05, 0) is 13.8 Å².